The van der Waals surface area contributed by atoms with Gasteiger partial charge in [-0.05, 0) is 56.6 Å². The number of carbonyl (C=O) groups is 1. The van der Waals surface area contributed by atoms with E-state index in [4.69, 9.17) is 5.10 Å². The van der Waals surface area contributed by atoms with Gasteiger partial charge in [-0.2, -0.15) is 10.4 Å². The van der Waals surface area contributed by atoms with Crippen LogP contribution >= 0.6 is 0 Å². The van der Waals surface area contributed by atoms with Crippen molar-refractivity contribution in [3.05, 3.63) is 72.2 Å². The van der Waals surface area contributed by atoms with Gasteiger partial charge in [0, 0.05) is 36.1 Å². The molecule has 2 aromatic heterocycles. The third kappa shape index (κ3) is 4.25. The summed E-state index contributed by atoms with van der Waals surface area (Å²) in [7, 11) is 3.98. The predicted molar refractivity (Wildman–Crippen MR) is 130 cm³/mol. The minimum atomic E-state index is 0.0471. The molecule has 172 valence electrons. The van der Waals surface area contributed by atoms with Crippen LogP contribution in [-0.2, 0) is 17.9 Å². The number of hydrogen-bond acceptors (Lipinski definition) is 5. The normalized spacial score (nSPS) is 17.7. The third-order valence-electron chi connectivity index (χ3n) is 6.59. The van der Waals surface area contributed by atoms with Crippen LogP contribution in [-0.4, -0.2) is 57.2 Å². The number of nitrogens with zero attached hydrogens (tertiary/aromatic N) is 6. The van der Waals surface area contributed by atoms with Gasteiger partial charge in [0.2, 0.25) is 5.91 Å². The lowest BCUT2D eigenvalue weighted by Crippen LogP contribution is -2.47. The van der Waals surface area contributed by atoms with Crippen molar-refractivity contribution < 1.29 is 4.79 Å². The molecule has 0 radical (unpaired) electrons. The van der Waals surface area contributed by atoms with E-state index >= 15 is 0 Å². The Morgan fingerprint density at radius 2 is 1.97 bits per heavy atom. The molecule has 0 spiro atoms. The summed E-state index contributed by atoms with van der Waals surface area (Å²) in [5.41, 5.74) is 5.14. The molecule has 34 heavy (non-hydrogen) atoms. The average molecular weight is 453 g/mol. The Kier molecular flexibility index (Phi) is 5.99. The first-order valence-corrected chi connectivity index (χ1v) is 11.7. The lowest BCUT2D eigenvalue weighted by Gasteiger charge is -2.36. The number of likely N-dealkylation sites (N-methyl/N-ethyl adjacent to an activating group) is 1. The number of fused-ring (bicyclic) bond motifs is 1. The lowest BCUT2D eigenvalue weighted by atomic mass is 9.95. The molecule has 1 aliphatic heterocycles. The largest absolute Gasteiger partial charge is 0.328 e. The molecule has 1 fully saturated rings. The van der Waals surface area contributed by atoms with E-state index in [0.29, 0.717) is 24.6 Å². The Morgan fingerprint density at radius 3 is 2.68 bits per heavy atom. The quantitative estimate of drug-likeness (QED) is 0.533. The molecule has 5 rings (SSSR count). The Morgan fingerprint density at radius 1 is 1.21 bits per heavy atom. The van der Waals surface area contributed by atoms with Crippen molar-refractivity contribution >= 4 is 5.91 Å². The molecule has 0 saturated heterocycles. The van der Waals surface area contributed by atoms with Crippen LogP contribution in [0.4, 0.5) is 0 Å². The number of hydrogen-bond donors (Lipinski definition) is 0. The molecule has 1 atom stereocenters. The molecular weight excluding hydrogens is 424 g/mol. The molecule has 0 bridgehead atoms. The fraction of sp³-hybridized carbons (Fsp3) is 0.333. The van der Waals surface area contributed by atoms with Crippen LogP contribution in [0.5, 0.6) is 0 Å². The molecule has 0 unspecified atom stereocenters. The molecule has 1 aliphatic carbocycles. The maximum Gasteiger partial charge on any atom is 0.246 e. The van der Waals surface area contributed by atoms with E-state index in [1.807, 2.05) is 66.4 Å². The molecule has 3 aromatic rings. The summed E-state index contributed by atoms with van der Waals surface area (Å²) < 4.78 is 2.07. The second kappa shape index (κ2) is 9.24. The maximum absolute atomic E-state index is 13.3. The van der Waals surface area contributed by atoms with Gasteiger partial charge >= 0.3 is 0 Å². The number of pyridine rings is 1. The Bertz CT molecular complexity index is 1270. The SMILES string of the molecule is CN(C)C/C=C/C(=O)N1Cc2c(-c3ccncc3)c(-c3ccccc3C#N)nn2C[C@@H]1C1CC1. The molecule has 7 heteroatoms. The summed E-state index contributed by atoms with van der Waals surface area (Å²) in [6.07, 6.45) is 9.46. The van der Waals surface area contributed by atoms with Gasteiger partial charge in [0.25, 0.3) is 0 Å². The molecule has 1 amide bonds. The van der Waals surface area contributed by atoms with E-state index in [1.54, 1.807) is 18.5 Å². The molecule has 0 N–H and O–H groups in total. The van der Waals surface area contributed by atoms with Crippen molar-refractivity contribution in [3.8, 4) is 28.5 Å². The van der Waals surface area contributed by atoms with Crippen LogP contribution in [0.15, 0.2) is 60.9 Å². The highest BCUT2D eigenvalue weighted by atomic mass is 16.2. The highest BCUT2D eigenvalue weighted by Crippen LogP contribution is 2.43. The molecule has 2 aliphatic rings. The van der Waals surface area contributed by atoms with Gasteiger partial charge in [0.1, 0.15) is 5.69 Å². The third-order valence-corrected chi connectivity index (χ3v) is 6.59. The predicted octanol–water partition coefficient (Wildman–Crippen LogP) is 3.72. The average Bonchev–Trinajstić information content (AvgIpc) is 3.63. The van der Waals surface area contributed by atoms with Crippen LogP contribution in [0.1, 0.15) is 24.1 Å². The van der Waals surface area contributed by atoms with E-state index in [9.17, 15) is 10.1 Å². The summed E-state index contributed by atoms with van der Waals surface area (Å²) >= 11 is 0. The first-order chi connectivity index (χ1) is 16.6. The lowest BCUT2D eigenvalue weighted by molar-refractivity contribution is -0.130. The van der Waals surface area contributed by atoms with Gasteiger partial charge in [0.15, 0.2) is 0 Å². The molecule has 1 saturated carbocycles. The number of rotatable bonds is 6. The summed E-state index contributed by atoms with van der Waals surface area (Å²) in [6, 6.07) is 13.9. The second-order valence-electron chi connectivity index (χ2n) is 9.28. The number of aromatic nitrogens is 3. The van der Waals surface area contributed by atoms with Crippen LogP contribution < -0.4 is 0 Å². The van der Waals surface area contributed by atoms with Gasteiger partial charge in [-0.3, -0.25) is 14.5 Å². The first kappa shape index (κ1) is 22.1. The first-order valence-electron chi connectivity index (χ1n) is 11.7. The van der Waals surface area contributed by atoms with E-state index in [0.717, 1.165) is 47.5 Å². The van der Waals surface area contributed by atoms with Crippen LogP contribution in [0.3, 0.4) is 0 Å². The standard InChI is InChI=1S/C27H28N6O/c1-31(2)15-5-8-25(34)32-17-24-26(20-11-13-29-14-12-20)27(22-7-4-3-6-21(22)16-28)30-33(24)18-23(32)19-9-10-19/h3-8,11-14,19,23H,9-10,15,17-18H2,1-2H3/b8-5+/t23-/m1/s1. The number of nitriles is 1. The summed E-state index contributed by atoms with van der Waals surface area (Å²) in [6.45, 7) is 1.88. The number of benzene rings is 1. The zero-order valence-corrected chi connectivity index (χ0v) is 19.6. The highest BCUT2D eigenvalue weighted by Gasteiger charge is 2.41. The van der Waals surface area contributed by atoms with Crippen molar-refractivity contribution in [2.75, 3.05) is 20.6 Å². The molecule has 3 heterocycles. The highest BCUT2D eigenvalue weighted by molar-refractivity contribution is 5.89. The van der Waals surface area contributed by atoms with E-state index in [1.165, 1.54) is 0 Å². The molecule has 1 aromatic carbocycles. The van der Waals surface area contributed by atoms with Crippen LogP contribution in [0.25, 0.3) is 22.4 Å². The minimum absolute atomic E-state index is 0.0471. The second-order valence-corrected chi connectivity index (χ2v) is 9.28. The van der Waals surface area contributed by atoms with Crippen LogP contribution in [0.2, 0.25) is 0 Å². The summed E-state index contributed by atoms with van der Waals surface area (Å²) in [4.78, 5) is 21.5. The van der Waals surface area contributed by atoms with Gasteiger partial charge in [-0.25, -0.2) is 0 Å². The molecule has 7 nitrogen and oxygen atoms in total. The summed E-state index contributed by atoms with van der Waals surface area (Å²) in [5, 5.41) is 14.8. The van der Waals surface area contributed by atoms with E-state index in [2.05, 4.69) is 15.7 Å². The van der Waals surface area contributed by atoms with Crippen molar-refractivity contribution in [2.45, 2.75) is 32.0 Å². The smallest absolute Gasteiger partial charge is 0.246 e. The Hall–Kier alpha value is -3.76. The van der Waals surface area contributed by atoms with Gasteiger partial charge in [-0.1, -0.05) is 24.3 Å². The van der Waals surface area contributed by atoms with E-state index < -0.39 is 0 Å². The zero-order chi connectivity index (χ0) is 23.7. The monoisotopic (exact) mass is 452 g/mol. The van der Waals surface area contributed by atoms with Crippen molar-refractivity contribution in [2.24, 2.45) is 5.92 Å². The zero-order valence-electron chi connectivity index (χ0n) is 19.6. The maximum atomic E-state index is 13.3. The fourth-order valence-electron chi connectivity index (χ4n) is 4.75. The topological polar surface area (TPSA) is 78.1 Å². The van der Waals surface area contributed by atoms with Gasteiger partial charge in [0.05, 0.1) is 36.5 Å². The minimum Gasteiger partial charge on any atom is -0.328 e. The molecular formula is C27H28N6O. The van der Waals surface area contributed by atoms with Gasteiger partial charge in [-0.15, -0.1) is 0 Å². The van der Waals surface area contributed by atoms with E-state index in [-0.39, 0.29) is 11.9 Å². The fourth-order valence-corrected chi connectivity index (χ4v) is 4.75. The summed E-state index contributed by atoms with van der Waals surface area (Å²) in [5.74, 6) is 0.564. The Balaban J connectivity index is 1.61. The van der Waals surface area contributed by atoms with Gasteiger partial charge < -0.3 is 9.80 Å². The Labute approximate surface area is 199 Å². The number of amides is 1. The van der Waals surface area contributed by atoms with Crippen molar-refractivity contribution in [3.63, 3.8) is 0 Å². The van der Waals surface area contributed by atoms with Crippen molar-refractivity contribution in [1.29, 1.82) is 5.26 Å². The van der Waals surface area contributed by atoms with Crippen LogP contribution in [0, 0.1) is 17.2 Å². The number of carbonyl (C=O) groups excluding carboxylic acids is 1. The van der Waals surface area contributed by atoms with Crippen molar-refractivity contribution in [1.82, 2.24) is 24.6 Å².